The summed E-state index contributed by atoms with van der Waals surface area (Å²) in [5, 5.41) is 5.88. The van der Waals surface area contributed by atoms with E-state index in [1.165, 1.54) is 12.1 Å². The quantitative estimate of drug-likeness (QED) is 0.126. The van der Waals surface area contributed by atoms with Crippen molar-refractivity contribution in [1.82, 2.24) is 0 Å². The van der Waals surface area contributed by atoms with Crippen LogP contribution in [0.1, 0.15) is 27.4 Å². The first-order valence-electron chi connectivity index (χ1n) is 34.1. The van der Waals surface area contributed by atoms with Crippen molar-refractivity contribution in [2.24, 2.45) is 0 Å². The van der Waals surface area contributed by atoms with Crippen LogP contribution in [0.25, 0.3) is 98.4 Å². The highest BCUT2D eigenvalue weighted by atomic mass is 19.1. The lowest BCUT2D eigenvalue weighted by atomic mass is 9.91. The molecule has 0 N–H and O–H groups in total. The number of benzene rings is 14. The predicted octanol–water partition coefficient (Wildman–Crippen LogP) is 20.8. The van der Waals surface area contributed by atoms with E-state index in [2.05, 4.69) is 0 Å². The molecule has 14 aromatic rings. The van der Waals surface area contributed by atoms with E-state index in [1.807, 2.05) is 72.8 Å². The normalized spacial score (nSPS) is 15.2. The largest absolute Gasteiger partial charge is 0.306 e. The predicted molar refractivity (Wildman–Crippen MR) is 316 cm³/mol. The molecule has 0 unspecified atom stereocenters. The maximum Gasteiger partial charge on any atom is 0.155 e. The number of halogens is 2. The molecular formula is C72H46F2N2. The molecule has 0 bridgehead atoms. The monoisotopic (exact) mass is 996 g/mol. The van der Waals surface area contributed by atoms with Gasteiger partial charge < -0.3 is 9.80 Å². The Morgan fingerprint density at radius 2 is 0.605 bits per heavy atom. The smallest absolute Gasteiger partial charge is 0.155 e. The molecule has 358 valence electrons. The van der Waals surface area contributed by atoms with Crippen molar-refractivity contribution >= 4 is 88.0 Å². The zero-order valence-electron chi connectivity index (χ0n) is 59.7. The molecule has 0 saturated carbocycles. The van der Waals surface area contributed by atoms with Crippen molar-refractivity contribution in [2.75, 3.05) is 9.80 Å². The Hall–Kier alpha value is -9.90. The molecule has 0 saturated heterocycles. The first kappa shape index (κ1) is 28.5. The van der Waals surface area contributed by atoms with Crippen LogP contribution < -0.4 is 9.80 Å². The Morgan fingerprint density at radius 3 is 1.01 bits per heavy atom. The maximum atomic E-state index is 19.0. The fraction of sp³-hybridized carbons (Fsp3) is 0. The van der Waals surface area contributed by atoms with E-state index in [0.29, 0.717) is 65.2 Å². The maximum absolute atomic E-state index is 19.0. The summed E-state index contributed by atoms with van der Waals surface area (Å²) in [5.74, 6) is -2.24. The van der Waals surface area contributed by atoms with Crippen molar-refractivity contribution < 1.29 is 36.2 Å². The lowest BCUT2D eigenvalue weighted by molar-refractivity contribution is 0.632. The molecule has 0 radical (unpaired) electrons. The number of fused-ring (bicyclic) bond motifs is 2. The van der Waals surface area contributed by atoms with Crippen LogP contribution in [-0.2, 0) is 0 Å². The van der Waals surface area contributed by atoms with Gasteiger partial charge in [0.15, 0.2) is 11.6 Å². The van der Waals surface area contributed by atoms with Gasteiger partial charge in [-0.3, -0.25) is 0 Å². The Kier molecular flexibility index (Phi) is 6.96. The molecule has 76 heavy (non-hydrogen) atoms. The summed E-state index contributed by atoms with van der Waals surface area (Å²) in [5.41, 5.74) is -2.71. The fourth-order valence-electron chi connectivity index (χ4n) is 10.5. The zero-order chi connectivity index (χ0) is 68.1. The second kappa shape index (κ2) is 18.5. The van der Waals surface area contributed by atoms with Gasteiger partial charge in [0.2, 0.25) is 0 Å². The highest BCUT2D eigenvalue weighted by molar-refractivity contribution is 6.28. The van der Waals surface area contributed by atoms with Gasteiger partial charge in [-0.2, -0.15) is 0 Å². The minimum absolute atomic E-state index is 0.163. The van der Waals surface area contributed by atoms with Gasteiger partial charge in [0.25, 0.3) is 0 Å². The van der Waals surface area contributed by atoms with Gasteiger partial charge in [0.05, 0.1) is 61.5 Å². The van der Waals surface area contributed by atoms with Crippen LogP contribution >= 0.6 is 0 Å². The van der Waals surface area contributed by atoms with Gasteiger partial charge in [0.1, 0.15) is 0 Å². The van der Waals surface area contributed by atoms with Gasteiger partial charge in [-0.1, -0.05) is 230 Å². The van der Waals surface area contributed by atoms with Crippen LogP contribution in [0, 0.1) is 11.6 Å². The molecule has 0 amide bonds. The standard InChI is InChI=1S/C72H46F2N2/c73-71-61(51-23-9-3-10-24-51)43-55(47-19-5-1-6-20-47)45-67(71)75(63-33-17-29-49-27-13-15-31-57(49)63)65-41-37-53-36-40-60-66(42-38-54-35-39-59(65)69(53)70(54)60)76(64-34-18-30-50-28-14-16-32-58(50)64)68-46-56(48-21-7-2-8-22-48)44-62(72(68)74)52-25-11-4-12-26-52/h1-46H/i1D,2D,3D,4D,5D,6D,7D,8D,9D,10D,11D,12D,19D,20D,21D,22D,23D,24D,25D,26D. The van der Waals surface area contributed by atoms with Crippen LogP contribution in [0.2, 0.25) is 0 Å². The van der Waals surface area contributed by atoms with E-state index in [9.17, 15) is 5.48 Å². The van der Waals surface area contributed by atoms with Gasteiger partial charge >= 0.3 is 0 Å². The summed E-state index contributed by atoms with van der Waals surface area (Å²) in [6.45, 7) is 0. The highest BCUT2D eigenvalue weighted by Gasteiger charge is 2.28. The Balaban J connectivity index is 1.11. The fourth-order valence-corrected chi connectivity index (χ4v) is 10.5. The number of rotatable bonds is 10. The summed E-state index contributed by atoms with van der Waals surface area (Å²) >= 11 is 0. The Labute approximate surface area is 467 Å². The van der Waals surface area contributed by atoms with Crippen LogP contribution in [0.4, 0.5) is 42.9 Å². The zero-order valence-corrected chi connectivity index (χ0v) is 39.7. The van der Waals surface area contributed by atoms with E-state index < -0.39 is 155 Å². The highest BCUT2D eigenvalue weighted by Crippen LogP contribution is 2.52. The Morgan fingerprint density at radius 1 is 0.263 bits per heavy atom. The van der Waals surface area contributed by atoms with Crippen molar-refractivity contribution in [3.05, 3.63) is 290 Å². The van der Waals surface area contributed by atoms with Crippen molar-refractivity contribution in [3.8, 4) is 44.5 Å². The van der Waals surface area contributed by atoms with E-state index >= 15 is 8.78 Å². The minimum Gasteiger partial charge on any atom is -0.306 e. The molecule has 0 heterocycles. The molecule has 0 aliphatic heterocycles. The average Bonchev–Trinajstić information content (AvgIpc) is 0.715. The number of nitrogens with zero attached hydrogens (tertiary/aromatic N) is 2. The molecule has 4 heteroatoms. The molecule has 14 rings (SSSR count). The third-order valence-corrected chi connectivity index (χ3v) is 13.8. The average molecular weight is 997 g/mol. The van der Waals surface area contributed by atoms with E-state index in [-0.39, 0.29) is 45.0 Å². The van der Waals surface area contributed by atoms with Gasteiger partial charge in [-0.25, -0.2) is 8.78 Å². The van der Waals surface area contributed by atoms with E-state index in [4.69, 9.17) is 21.9 Å². The molecule has 0 spiro atoms. The third kappa shape index (κ3) is 7.53. The molecule has 0 aliphatic rings. The molecule has 0 atom stereocenters. The van der Waals surface area contributed by atoms with Crippen molar-refractivity contribution in [3.63, 3.8) is 0 Å². The second-order valence-electron chi connectivity index (χ2n) is 18.0. The third-order valence-electron chi connectivity index (χ3n) is 13.8. The topological polar surface area (TPSA) is 6.48 Å². The van der Waals surface area contributed by atoms with Gasteiger partial charge in [0, 0.05) is 32.7 Å². The summed E-state index contributed by atoms with van der Waals surface area (Å²) in [7, 11) is 0. The molecule has 14 aromatic carbocycles. The summed E-state index contributed by atoms with van der Waals surface area (Å²) < 4.78 is 215. The van der Waals surface area contributed by atoms with Crippen molar-refractivity contribution in [2.45, 2.75) is 0 Å². The van der Waals surface area contributed by atoms with E-state index in [1.54, 1.807) is 70.5 Å². The number of hydrogen-bond acceptors (Lipinski definition) is 2. The molecule has 0 aliphatic carbocycles. The Bertz CT molecular complexity index is 5270. The molecule has 0 fully saturated rings. The number of hydrogen-bond donors (Lipinski definition) is 0. The van der Waals surface area contributed by atoms with Crippen molar-refractivity contribution in [1.29, 1.82) is 0 Å². The van der Waals surface area contributed by atoms with E-state index in [0.717, 1.165) is 12.1 Å². The molecule has 0 aromatic heterocycles. The van der Waals surface area contributed by atoms with Crippen LogP contribution in [0.5, 0.6) is 0 Å². The molecular weight excluding hydrogens is 931 g/mol. The van der Waals surface area contributed by atoms with Crippen LogP contribution in [-0.4, -0.2) is 0 Å². The SMILES string of the molecule is [2H]c1c([2H])c([2H])c(-c2cc(-c3c([2H])c([2H])c([2H])c([2H])c3[2H])c(F)c(N(c3cccc4ccccc34)c3ccc4ccc5c(N(c6cc(-c7c([2H])c([2H])c([2H])c([2H])c7[2H])cc(-c7c([2H])c([2H])c([2H])c([2H])c7[2H])c6F)c6cccc7ccccc67)ccc6ccc3c4c65)c2)c([2H])c1[2H]. The molecule has 2 nitrogen and oxygen atoms in total. The summed E-state index contributed by atoms with van der Waals surface area (Å²) in [6.07, 6.45) is 0. The summed E-state index contributed by atoms with van der Waals surface area (Å²) in [6, 6.07) is 29.7. The van der Waals surface area contributed by atoms with Gasteiger partial charge in [-0.05, 0) is 114 Å². The second-order valence-corrected chi connectivity index (χ2v) is 18.0. The van der Waals surface area contributed by atoms with Crippen LogP contribution in [0.3, 0.4) is 0 Å². The minimum atomic E-state index is -1.12. The van der Waals surface area contributed by atoms with Crippen LogP contribution in [0.15, 0.2) is 279 Å². The lowest BCUT2D eigenvalue weighted by Crippen LogP contribution is -2.14. The number of anilines is 6. The van der Waals surface area contributed by atoms with Gasteiger partial charge in [-0.15, -0.1) is 0 Å². The first-order valence-corrected chi connectivity index (χ1v) is 24.1. The summed E-state index contributed by atoms with van der Waals surface area (Å²) in [4.78, 5) is 3.15. The first-order chi connectivity index (χ1) is 45.8. The lowest BCUT2D eigenvalue weighted by Gasteiger charge is -2.31.